The smallest absolute Gasteiger partial charge is 0.141 e. The molecule has 2 rings (SSSR count). The molecule has 4 nitrogen and oxygen atoms in total. The summed E-state index contributed by atoms with van der Waals surface area (Å²) in [5.74, 6) is 0.561. The van der Waals surface area contributed by atoms with Crippen molar-refractivity contribution >= 4 is 21.7 Å². The summed E-state index contributed by atoms with van der Waals surface area (Å²) >= 11 is 3.24. The highest BCUT2D eigenvalue weighted by atomic mass is 79.9. The third-order valence-corrected chi connectivity index (χ3v) is 2.94. The van der Waals surface area contributed by atoms with Gasteiger partial charge in [-0.05, 0) is 34.5 Å². The average molecular weight is 290 g/mol. The average Bonchev–Trinajstić information content (AvgIpc) is 2.65. The second-order valence-electron chi connectivity index (χ2n) is 3.78. The van der Waals surface area contributed by atoms with Gasteiger partial charge in [0.05, 0.1) is 6.04 Å². The molecule has 6 heteroatoms. The molecule has 1 fully saturated rings. The van der Waals surface area contributed by atoms with Gasteiger partial charge < -0.3 is 15.7 Å². The lowest BCUT2D eigenvalue weighted by Gasteiger charge is -2.19. The summed E-state index contributed by atoms with van der Waals surface area (Å²) in [4.78, 5) is 4.13. The van der Waals surface area contributed by atoms with Gasteiger partial charge in [0.15, 0.2) is 0 Å². The molecule has 16 heavy (non-hydrogen) atoms. The molecule has 0 aliphatic carbocycles. The number of nitrogens with one attached hydrogen (secondary N) is 2. The van der Waals surface area contributed by atoms with Crippen LogP contribution in [0.4, 0.5) is 10.2 Å². The first-order chi connectivity index (χ1) is 7.65. The zero-order valence-corrected chi connectivity index (χ0v) is 10.1. The lowest BCUT2D eigenvalue weighted by Crippen LogP contribution is -2.40. The van der Waals surface area contributed by atoms with Gasteiger partial charge in [0.25, 0.3) is 0 Å². The maximum absolute atomic E-state index is 12.9. The largest absolute Gasteiger partial charge is 0.372 e. The summed E-state index contributed by atoms with van der Waals surface area (Å²) in [5, 5.41) is 15.6. The van der Waals surface area contributed by atoms with Crippen LogP contribution in [-0.4, -0.2) is 35.1 Å². The molecular formula is C10H13BrFN3O. The molecule has 0 aromatic carbocycles. The number of aliphatic hydroxyl groups excluding tert-OH is 1. The van der Waals surface area contributed by atoms with Crippen molar-refractivity contribution in [1.82, 2.24) is 10.3 Å². The normalized spacial score (nSPS) is 26.7. The number of aliphatic hydroxyl groups is 1. The monoisotopic (exact) mass is 289 g/mol. The van der Waals surface area contributed by atoms with Crippen LogP contribution in [0.15, 0.2) is 22.8 Å². The number of hydrogen-bond acceptors (Lipinski definition) is 4. The highest BCUT2D eigenvalue weighted by Gasteiger charge is 2.29. The first-order valence-electron chi connectivity index (χ1n) is 5.10. The molecule has 3 atom stereocenters. The lowest BCUT2D eigenvalue weighted by molar-refractivity contribution is 0.158. The molecule has 0 bridgehead atoms. The highest BCUT2D eigenvalue weighted by molar-refractivity contribution is 9.10. The molecule has 0 spiro atoms. The van der Waals surface area contributed by atoms with E-state index in [0.717, 1.165) is 0 Å². The molecule has 1 aliphatic rings. The predicted octanol–water partition coefficient (Wildman–Crippen LogP) is 1.27. The second-order valence-corrected chi connectivity index (χ2v) is 4.59. The zero-order chi connectivity index (χ0) is 11.5. The van der Waals surface area contributed by atoms with Crippen LogP contribution in [0.1, 0.15) is 6.42 Å². The van der Waals surface area contributed by atoms with Gasteiger partial charge in [-0.3, -0.25) is 0 Å². The summed E-state index contributed by atoms with van der Waals surface area (Å²) in [7, 11) is 0. The van der Waals surface area contributed by atoms with Crippen LogP contribution >= 0.6 is 15.9 Å². The van der Waals surface area contributed by atoms with Crippen molar-refractivity contribution in [1.29, 1.82) is 0 Å². The maximum atomic E-state index is 12.9. The molecule has 2 heterocycles. The minimum atomic E-state index is -0.878. The van der Waals surface area contributed by atoms with E-state index in [1.807, 2.05) is 6.07 Å². The van der Waals surface area contributed by atoms with E-state index in [0.29, 0.717) is 23.4 Å². The second kappa shape index (κ2) is 5.07. The van der Waals surface area contributed by atoms with Crippen molar-refractivity contribution in [3.63, 3.8) is 0 Å². The molecule has 0 radical (unpaired) electrons. The van der Waals surface area contributed by atoms with Crippen LogP contribution in [0.2, 0.25) is 0 Å². The Bertz CT molecular complexity index is 366. The third-order valence-electron chi connectivity index (χ3n) is 2.50. The number of rotatable bonds is 3. The molecule has 1 aliphatic heterocycles. The number of alkyl halides is 1. The number of halogens is 2. The van der Waals surface area contributed by atoms with E-state index in [9.17, 15) is 9.50 Å². The van der Waals surface area contributed by atoms with Gasteiger partial charge in [0.2, 0.25) is 0 Å². The molecular weight excluding hydrogens is 277 g/mol. The van der Waals surface area contributed by atoms with Crippen molar-refractivity contribution in [2.75, 3.05) is 11.9 Å². The topological polar surface area (TPSA) is 57.2 Å². The minimum absolute atomic E-state index is 0.268. The van der Waals surface area contributed by atoms with E-state index in [2.05, 4.69) is 31.5 Å². The standard InChI is InChI=1S/C10H13BrFN3O/c11-8-2-1-3-9(14-8)15-10(16)7-4-6(12)5-13-7/h1-3,6-7,10,13,16H,4-5H2,(H,14,15)/t6-,7+,10?/m1/s1. The van der Waals surface area contributed by atoms with Crippen molar-refractivity contribution in [3.05, 3.63) is 22.8 Å². The third kappa shape index (κ3) is 2.90. The lowest BCUT2D eigenvalue weighted by atomic mass is 10.2. The van der Waals surface area contributed by atoms with Crippen LogP contribution in [-0.2, 0) is 0 Å². The van der Waals surface area contributed by atoms with Gasteiger partial charge in [0.1, 0.15) is 22.8 Å². The summed E-state index contributed by atoms with van der Waals surface area (Å²) in [5.41, 5.74) is 0. The van der Waals surface area contributed by atoms with Crippen LogP contribution in [0.5, 0.6) is 0 Å². The maximum Gasteiger partial charge on any atom is 0.141 e. The number of aromatic nitrogens is 1. The zero-order valence-electron chi connectivity index (χ0n) is 8.53. The molecule has 0 saturated carbocycles. The van der Waals surface area contributed by atoms with E-state index in [1.165, 1.54) is 0 Å². The van der Waals surface area contributed by atoms with E-state index in [4.69, 9.17) is 0 Å². The van der Waals surface area contributed by atoms with Crippen molar-refractivity contribution in [2.24, 2.45) is 0 Å². The summed E-state index contributed by atoms with van der Waals surface area (Å²) in [6.45, 7) is 0.301. The summed E-state index contributed by atoms with van der Waals surface area (Å²) in [6, 6.07) is 5.08. The SMILES string of the molecule is OC(Nc1cccc(Br)n1)[C@@H]1C[C@@H](F)CN1. The molecule has 1 unspecified atom stereocenters. The van der Waals surface area contributed by atoms with Crippen molar-refractivity contribution in [2.45, 2.75) is 24.9 Å². The number of anilines is 1. The van der Waals surface area contributed by atoms with E-state index in [-0.39, 0.29) is 6.04 Å². The predicted molar refractivity (Wildman–Crippen MR) is 62.9 cm³/mol. The fourth-order valence-electron chi connectivity index (χ4n) is 1.70. The van der Waals surface area contributed by atoms with E-state index < -0.39 is 12.4 Å². The van der Waals surface area contributed by atoms with E-state index >= 15 is 0 Å². The Morgan fingerprint density at radius 2 is 2.44 bits per heavy atom. The Balaban J connectivity index is 1.94. The Labute approximate surface area is 101 Å². The Kier molecular flexibility index (Phi) is 3.73. The minimum Gasteiger partial charge on any atom is -0.372 e. The molecule has 3 N–H and O–H groups in total. The number of hydrogen-bond donors (Lipinski definition) is 3. The summed E-state index contributed by atoms with van der Waals surface area (Å²) in [6.07, 6.45) is -1.39. The first kappa shape index (κ1) is 11.8. The van der Waals surface area contributed by atoms with Gasteiger partial charge in [-0.15, -0.1) is 0 Å². The quantitative estimate of drug-likeness (QED) is 0.580. The molecule has 1 aromatic rings. The molecule has 88 valence electrons. The van der Waals surface area contributed by atoms with Crippen molar-refractivity contribution < 1.29 is 9.50 Å². The van der Waals surface area contributed by atoms with Gasteiger partial charge in [-0.25, -0.2) is 9.37 Å². The number of nitrogens with zero attached hydrogens (tertiary/aromatic N) is 1. The first-order valence-corrected chi connectivity index (χ1v) is 5.89. The van der Waals surface area contributed by atoms with Crippen molar-refractivity contribution in [3.8, 4) is 0 Å². The Morgan fingerprint density at radius 1 is 1.62 bits per heavy atom. The van der Waals surface area contributed by atoms with Crippen LogP contribution in [0.3, 0.4) is 0 Å². The highest BCUT2D eigenvalue weighted by Crippen LogP contribution is 2.16. The fraction of sp³-hybridized carbons (Fsp3) is 0.500. The van der Waals surface area contributed by atoms with Crippen LogP contribution in [0.25, 0.3) is 0 Å². The Hall–Kier alpha value is -0.720. The molecule has 1 saturated heterocycles. The van der Waals surface area contributed by atoms with E-state index in [1.54, 1.807) is 12.1 Å². The van der Waals surface area contributed by atoms with Crippen LogP contribution < -0.4 is 10.6 Å². The van der Waals surface area contributed by atoms with Gasteiger partial charge in [0, 0.05) is 6.54 Å². The van der Waals surface area contributed by atoms with Gasteiger partial charge in [-0.2, -0.15) is 0 Å². The van der Waals surface area contributed by atoms with Gasteiger partial charge in [-0.1, -0.05) is 6.07 Å². The summed E-state index contributed by atoms with van der Waals surface area (Å²) < 4.78 is 13.6. The fourth-order valence-corrected chi connectivity index (χ4v) is 2.05. The number of pyridine rings is 1. The van der Waals surface area contributed by atoms with Crippen LogP contribution in [0, 0.1) is 0 Å². The molecule has 1 aromatic heterocycles. The molecule has 0 amide bonds. The Morgan fingerprint density at radius 3 is 3.06 bits per heavy atom. The van der Waals surface area contributed by atoms with Gasteiger partial charge >= 0.3 is 0 Å².